The van der Waals surface area contributed by atoms with E-state index in [1.54, 1.807) is 19.2 Å². The molecule has 0 bridgehead atoms. The van der Waals surface area contributed by atoms with Crippen LogP contribution < -0.4 is 10.3 Å². The van der Waals surface area contributed by atoms with Gasteiger partial charge >= 0.3 is 0 Å². The lowest BCUT2D eigenvalue weighted by Crippen LogP contribution is -2.32. The van der Waals surface area contributed by atoms with E-state index in [4.69, 9.17) is 18.9 Å². The van der Waals surface area contributed by atoms with Crippen molar-refractivity contribution < 1.29 is 18.9 Å². The number of fused-ring (bicyclic) bond motifs is 2. The molecule has 8 nitrogen and oxygen atoms in total. The number of rotatable bonds is 7. The van der Waals surface area contributed by atoms with Crippen molar-refractivity contribution >= 4 is 17.0 Å². The first-order valence-electron chi connectivity index (χ1n) is 13.2. The number of nitrogens with zero attached hydrogens (tertiary/aromatic N) is 3. The summed E-state index contributed by atoms with van der Waals surface area (Å²) >= 11 is 0. The second-order valence-electron chi connectivity index (χ2n) is 10.4. The van der Waals surface area contributed by atoms with E-state index < -0.39 is 12.1 Å². The van der Waals surface area contributed by atoms with Gasteiger partial charge in [0.1, 0.15) is 17.4 Å². The van der Waals surface area contributed by atoms with E-state index in [1.807, 2.05) is 50.2 Å². The summed E-state index contributed by atoms with van der Waals surface area (Å²) in [5.74, 6) is 0.0916. The van der Waals surface area contributed by atoms with Crippen LogP contribution in [0.5, 0.6) is 5.75 Å². The van der Waals surface area contributed by atoms with E-state index in [0.29, 0.717) is 23.9 Å². The third kappa shape index (κ3) is 5.23. The van der Waals surface area contributed by atoms with Crippen LogP contribution >= 0.6 is 0 Å². The van der Waals surface area contributed by atoms with Gasteiger partial charge in [-0.3, -0.25) is 4.79 Å². The van der Waals surface area contributed by atoms with Crippen LogP contribution in [0.4, 0.5) is 0 Å². The van der Waals surface area contributed by atoms with Gasteiger partial charge in [0.05, 0.1) is 18.6 Å². The molecule has 0 radical (unpaired) electrons. The molecule has 1 aromatic heterocycles. The van der Waals surface area contributed by atoms with Crippen LogP contribution in [0.1, 0.15) is 25.8 Å². The number of hydrogen-bond acceptors (Lipinski definition) is 7. The molecular formula is C31H31N3O5. The van der Waals surface area contributed by atoms with Crippen molar-refractivity contribution in [2.24, 2.45) is 5.92 Å². The zero-order chi connectivity index (χ0) is 27.0. The quantitative estimate of drug-likeness (QED) is 0.333. The van der Waals surface area contributed by atoms with E-state index in [0.717, 1.165) is 22.4 Å². The van der Waals surface area contributed by atoms with Gasteiger partial charge in [0, 0.05) is 12.5 Å². The van der Waals surface area contributed by atoms with Crippen molar-refractivity contribution in [2.45, 2.75) is 51.1 Å². The first kappa shape index (κ1) is 25.4. The number of ether oxygens (including phenoxy) is 4. The third-order valence-corrected chi connectivity index (χ3v) is 7.34. The fourth-order valence-electron chi connectivity index (χ4n) is 5.33. The molecule has 0 saturated carbocycles. The maximum absolute atomic E-state index is 13.0. The lowest BCUT2D eigenvalue weighted by atomic mass is 9.93. The first-order valence-corrected chi connectivity index (χ1v) is 13.2. The molecule has 4 aromatic rings. The summed E-state index contributed by atoms with van der Waals surface area (Å²) < 4.78 is 25.2. The number of aromatic nitrogens is 3. The predicted octanol–water partition coefficient (Wildman–Crippen LogP) is 5.06. The lowest BCUT2D eigenvalue weighted by Gasteiger charge is -2.24. The Kier molecular flexibility index (Phi) is 6.76. The minimum Gasteiger partial charge on any atom is -0.497 e. The Morgan fingerprint density at radius 3 is 2.44 bits per heavy atom. The second-order valence-corrected chi connectivity index (χ2v) is 10.4. The summed E-state index contributed by atoms with van der Waals surface area (Å²) in [6, 6.07) is 23.6. The summed E-state index contributed by atoms with van der Waals surface area (Å²) in [6.45, 7) is 4.18. The Bertz CT molecular complexity index is 1550. The first-order chi connectivity index (χ1) is 18.9. The fourth-order valence-corrected chi connectivity index (χ4v) is 5.33. The Morgan fingerprint density at radius 2 is 1.69 bits per heavy atom. The zero-order valence-electron chi connectivity index (χ0n) is 22.2. The zero-order valence-corrected chi connectivity index (χ0v) is 22.2. The summed E-state index contributed by atoms with van der Waals surface area (Å²) in [5.41, 5.74) is 3.76. The minimum atomic E-state index is -0.723. The van der Waals surface area contributed by atoms with Gasteiger partial charge in [-0.1, -0.05) is 65.9 Å². The van der Waals surface area contributed by atoms with Crippen molar-refractivity contribution in [1.82, 2.24) is 15.0 Å². The topological polar surface area (TPSA) is 84.7 Å². The van der Waals surface area contributed by atoms with Gasteiger partial charge < -0.3 is 18.9 Å². The van der Waals surface area contributed by atoms with Crippen LogP contribution in [0, 0.1) is 5.92 Å². The van der Waals surface area contributed by atoms with Gasteiger partial charge in [-0.25, -0.2) is 4.68 Å². The summed E-state index contributed by atoms with van der Waals surface area (Å²) in [4.78, 5) is 13.0. The molecule has 6 rings (SSSR count). The van der Waals surface area contributed by atoms with E-state index in [1.165, 1.54) is 4.68 Å². The highest BCUT2D eigenvalue weighted by Crippen LogP contribution is 2.42. The average molecular weight is 526 g/mol. The van der Waals surface area contributed by atoms with Crippen LogP contribution in [0.15, 0.2) is 83.7 Å². The van der Waals surface area contributed by atoms with Gasteiger partial charge in [0.25, 0.3) is 5.56 Å². The molecule has 200 valence electrons. The van der Waals surface area contributed by atoms with E-state index in [-0.39, 0.29) is 23.7 Å². The molecule has 2 fully saturated rings. The van der Waals surface area contributed by atoms with Crippen molar-refractivity contribution in [1.29, 1.82) is 0 Å². The number of methoxy groups -OCH3 is 1. The Hall–Kier alpha value is -3.85. The van der Waals surface area contributed by atoms with Crippen molar-refractivity contribution in [3.63, 3.8) is 0 Å². The summed E-state index contributed by atoms with van der Waals surface area (Å²) in [7, 11) is 1.67. The van der Waals surface area contributed by atoms with Crippen LogP contribution in [0.2, 0.25) is 0 Å². The monoisotopic (exact) mass is 525 g/mol. The Labute approximate surface area is 226 Å². The number of hydrogen-bond donors (Lipinski definition) is 0. The van der Waals surface area contributed by atoms with E-state index in [9.17, 15) is 4.79 Å². The van der Waals surface area contributed by atoms with Gasteiger partial charge in [-0.15, -0.1) is 5.10 Å². The molecule has 3 heterocycles. The smallest absolute Gasteiger partial charge is 0.277 e. The molecule has 0 aliphatic carbocycles. The standard InChI is InChI=1S/C31H31N3O5/c1-31(2)38-28-25(18-19-34-29(35)24-6-4-5-7-26(24)32-33-34)27(37-30(28)39-31)17-10-20-8-11-21(12-9-20)22-13-15-23(36-3)16-14-22/h4-17,25,27-28,30H,18-19H2,1-3H3/b17-10+/t25-,27-,28-,30-/m0/s1. The maximum Gasteiger partial charge on any atom is 0.277 e. The Morgan fingerprint density at radius 1 is 0.974 bits per heavy atom. The molecule has 0 spiro atoms. The Balaban J connectivity index is 1.19. The molecule has 4 atom stereocenters. The van der Waals surface area contributed by atoms with Crippen molar-refractivity contribution in [3.8, 4) is 16.9 Å². The molecule has 2 aliphatic heterocycles. The van der Waals surface area contributed by atoms with Crippen molar-refractivity contribution in [3.05, 3.63) is 94.8 Å². The largest absolute Gasteiger partial charge is 0.497 e. The van der Waals surface area contributed by atoms with Crippen LogP contribution in [-0.2, 0) is 20.8 Å². The summed E-state index contributed by atoms with van der Waals surface area (Å²) in [5, 5.41) is 8.93. The SMILES string of the molecule is COc1ccc(-c2ccc(/C=C/[C@@H]3O[C@H]4OC(C)(C)O[C@H]4[C@H]3CCn3nnc4ccccc4c3=O)cc2)cc1. The van der Waals surface area contributed by atoms with Crippen LogP contribution in [0.25, 0.3) is 28.1 Å². The van der Waals surface area contributed by atoms with E-state index in [2.05, 4.69) is 46.7 Å². The normalized spacial score (nSPS) is 23.9. The molecule has 2 saturated heterocycles. The molecular weight excluding hydrogens is 494 g/mol. The maximum atomic E-state index is 13.0. The average Bonchev–Trinajstić information content (AvgIpc) is 3.43. The van der Waals surface area contributed by atoms with Crippen LogP contribution in [0.3, 0.4) is 0 Å². The fraction of sp³-hybridized carbons (Fsp3) is 0.323. The third-order valence-electron chi connectivity index (χ3n) is 7.34. The molecule has 0 unspecified atom stereocenters. The van der Waals surface area contributed by atoms with Gasteiger partial charge in [-0.05, 0) is 61.2 Å². The molecule has 0 amide bonds. The van der Waals surface area contributed by atoms with Crippen LogP contribution in [-0.4, -0.2) is 46.4 Å². The van der Waals surface area contributed by atoms with Gasteiger partial charge in [0.2, 0.25) is 0 Å². The van der Waals surface area contributed by atoms with E-state index >= 15 is 0 Å². The minimum absolute atomic E-state index is 0.0215. The van der Waals surface area contributed by atoms with Gasteiger partial charge in [0.15, 0.2) is 12.1 Å². The number of benzene rings is 3. The van der Waals surface area contributed by atoms with Gasteiger partial charge in [-0.2, -0.15) is 0 Å². The second kappa shape index (κ2) is 10.4. The predicted molar refractivity (Wildman–Crippen MR) is 148 cm³/mol. The molecule has 0 N–H and O–H groups in total. The highest BCUT2D eigenvalue weighted by atomic mass is 16.8. The number of aryl methyl sites for hydroxylation is 1. The molecule has 8 heteroatoms. The van der Waals surface area contributed by atoms with Crippen molar-refractivity contribution in [2.75, 3.05) is 7.11 Å². The molecule has 2 aliphatic rings. The highest BCUT2D eigenvalue weighted by Gasteiger charge is 2.53. The lowest BCUT2D eigenvalue weighted by molar-refractivity contribution is -0.205. The highest BCUT2D eigenvalue weighted by molar-refractivity contribution is 5.76. The summed E-state index contributed by atoms with van der Waals surface area (Å²) in [6.07, 6.45) is 3.80. The molecule has 3 aromatic carbocycles. The molecule has 39 heavy (non-hydrogen) atoms.